The van der Waals surface area contributed by atoms with Gasteiger partial charge in [-0.05, 0) is 11.6 Å². The Kier molecular flexibility index (Phi) is 5.03. The Balaban J connectivity index is 2.21. The van der Waals surface area contributed by atoms with Crippen molar-refractivity contribution in [2.75, 3.05) is 0 Å². The number of hydrogen-bond donors (Lipinski definition) is 0. The van der Waals surface area contributed by atoms with E-state index in [1.165, 1.54) is 12.1 Å². The molecule has 2 aromatic rings. The molecule has 0 heterocycles. The van der Waals surface area contributed by atoms with Crippen molar-refractivity contribution >= 4 is 21.6 Å². The lowest BCUT2D eigenvalue weighted by molar-refractivity contribution is -0.384. The number of nitrogens with zero attached hydrogens (tertiary/aromatic N) is 1. The zero-order chi connectivity index (χ0) is 17.9. The molecule has 0 spiro atoms. The molecule has 0 unspecified atom stereocenters. The van der Waals surface area contributed by atoms with Crippen LogP contribution >= 0.6 is 0 Å². The smallest absolute Gasteiger partial charge is 0.258 e. The Morgan fingerprint density at radius 2 is 1.58 bits per heavy atom. The van der Waals surface area contributed by atoms with Gasteiger partial charge in [-0.15, -0.1) is 0 Å². The molecule has 126 valence electrons. The van der Waals surface area contributed by atoms with Crippen molar-refractivity contribution in [3.05, 3.63) is 80.5 Å². The molecular formula is C15H10F3NO4S. The fourth-order valence-corrected chi connectivity index (χ4v) is 2.98. The molecule has 24 heavy (non-hydrogen) atoms. The average molecular weight is 357 g/mol. The minimum absolute atomic E-state index is 0.192. The maximum atomic E-state index is 13.4. The Bertz CT molecular complexity index is 886. The SMILES string of the molecule is O=[N+]([O-])c1ccc(CS(=O)(=O)C=Cc2c(F)cc(F)cc2F)cc1. The molecule has 0 radical (unpaired) electrons. The van der Waals surface area contributed by atoms with E-state index in [-0.39, 0.29) is 11.3 Å². The molecule has 0 saturated carbocycles. The van der Waals surface area contributed by atoms with Crippen LogP contribution in [0, 0.1) is 27.6 Å². The molecule has 2 rings (SSSR count). The van der Waals surface area contributed by atoms with Gasteiger partial charge >= 0.3 is 0 Å². The van der Waals surface area contributed by atoms with Gasteiger partial charge in [-0.1, -0.05) is 12.1 Å². The van der Waals surface area contributed by atoms with Crippen molar-refractivity contribution in [2.45, 2.75) is 5.75 Å². The van der Waals surface area contributed by atoms with Gasteiger partial charge in [0.25, 0.3) is 5.69 Å². The molecular weight excluding hydrogens is 347 g/mol. The van der Waals surface area contributed by atoms with E-state index in [9.17, 15) is 31.7 Å². The van der Waals surface area contributed by atoms with Crippen LogP contribution in [-0.2, 0) is 15.6 Å². The molecule has 0 aliphatic carbocycles. The molecule has 2 aromatic carbocycles. The average Bonchev–Trinajstić information content (AvgIpc) is 2.46. The van der Waals surface area contributed by atoms with Crippen LogP contribution in [0.4, 0.5) is 18.9 Å². The van der Waals surface area contributed by atoms with Gasteiger partial charge < -0.3 is 0 Å². The first-order valence-electron chi connectivity index (χ1n) is 6.47. The Morgan fingerprint density at radius 3 is 2.08 bits per heavy atom. The maximum Gasteiger partial charge on any atom is 0.269 e. The Labute approximate surface area is 135 Å². The van der Waals surface area contributed by atoms with Gasteiger partial charge in [-0.3, -0.25) is 10.1 Å². The Morgan fingerprint density at radius 1 is 1.04 bits per heavy atom. The minimum Gasteiger partial charge on any atom is -0.258 e. The highest BCUT2D eigenvalue weighted by molar-refractivity contribution is 7.93. The first-order valence-corrected chi connectivity index (χ1v) is 8.18. The lowest BCUT2D eigenvalue weighted by Gasteiger charge is -2.02. The van der Waals surface area contributed by atoms with E-state index in [1.54, 1.807) is 0 Å². The number of sulfone groups is 1. The van der Waals surface area contributed by atoms with Crippen LogP contribution in [0.25, 0.3) is 6.08 Å². The summed E-state index contributed by atoms with van der Waals surface area (Å²) in [6, 6.07) is 5.70. The van der Waals surface area contributed by atoms with Crippen LogP contribution in [0.5, 0.6) is 0 Å². The van der Waals surface area contributed by atoms with Crippen molar-refractivity contribution in [2.24, 2.45) is 0 Å². The largest absolute Gasteiger partial charge is 0.269 e. The van der Waals surface area contributed by atoms with E-state index in [0.717, 1.165) is 12.1 Å². The molecule has 0 aromatic heterocycles. The summed E-state index contributed by atoms with van der Waals surface area (Å²) in [4.78, 5) is 9.90. The summed E-state index contributed by atoms with van der Waals surface area (Å²) in [5.74, 6) is -4.08. The standard InChI is InChI=1S/C15H10F3NO4S/c16-11-7-14(17)13(15(18)8-11)5-6-24(22,23)9-10-1-3-12(4-2-10)19(20)21/h1-8H,9H2. The number of benzene rings is 2. The predicted octanol–water partition coefficient (Wildman–Crippen LogP) is 3.60. The van der Waals surface area contributed by atoms with Crippen molar-refractivity contribution in [1.29, 1.82) is 0 Å². The number of nitro groups is 1. The van der Waals surface area contributed by atoms with Gasteiger partial charge in [-0.25, -0.2) is 21.6 Å². The first-order chi connectivity index (χ1) is 11.2. The van der Waals surface area contributed by atoms with E-state index >= 15 is 0 Å². The quantitative estimate of drug-likeness (QED) is 0.605. The highest BCUT2D eigenvalue weighted by atomic mass is 32.2. The van der Waals surface area contributed by atoms with Gasteiger partial charge in [0.05, 0.1) is 10.7 Å². The Hall–Kier alpha value is -2.68. The summed E-state index contributed by atoms with van der Waals surface area (Å²) in [5.41, 5.74) is -0.601. The number of rotatable bonds is 5. The maximum absolute atomic E-state index is 13.4. The van der Waals surface area contributed by atoms with Gasteiger partial charge in [0.2, 0.25) is 0 Å². The number of non-ortho nitro benzene ring substituents is 1. The minimum atomic E-state index is -3.89. The fourth-order valence-electron chi connectivity index (χ4n) is 1.88. The highest BCUT2D eigenvalue weighted by Crippen LogP contribution is 2.18. The van der Waals surface area contributed by atoms with E-state index in [1.807, 2.05) is 0 Å². The monoisotopic (exact) mass is 357 g/mol. The lowest BCUT2D eigenvalue weighted by atomic mass is 10.2. The summed E-state index contributed by atoms with van der Waals surface area (Å²) >= 11 is 0. The topological polar surface area (TPSA) is 77.3 Å². The van der Waals surface area contributed by atoms with Crippen molar-refractivity contribution in [3.8, 4) is 0 Å². The van der Waals surface area contributed by atoms with Crippen LogP contribution < -0.4 is 0 Å². The van der Waals surface area contributed by atoms with Crippen LogP contribution in [0.15, 0.2) is 41.8 Å². The van der Waals surface area contributed by atoms with E-state index in [4.69, 9.17) is 0 Å². The summed E-state index contributed by atoms with van der Waals surface area (Å²) in [5, 5.41) is 11.1. The van der Waals surface area contributed by atoms with Gasteiger partial charge in [0, 0.05) is 35.2 Å². The third-order valence-corrected chi connectivity index (χ3v) is 4.29. The van der Waals surface area contributed by atoms with Crippen molar-refractivity contribution < 1.29 is 26.5 Å². The molecule has 0 amide bonds. The second kappa shape index (κ2) is 6.83. The summed E-state index contributed by atoms with van der Waals surface area (Å²) in [6.45, 7) is 0. The molecule has 0 aliphatic rings. The molecule has 0 fully saturated rings. The van der Waals surface area contributed by atoms with Crippen LogP contribution in [0.2, 0.25) is 0 Å². The number of hydrogen-bond acceptors (Lipinski definition) is 4. The van der Waals surface area contributed by atoms with Gasteiger partial charge in [0.15, 0.2) is 9.84 Å². The third kappa shape index (κ3) is 4.42. The summed E-state index contributed by atoms with van der Waals surface area (Å²) in [7, 11) is -3.89. The van der Waals surface area contributed by atoms with Gasteiger partial charge in [0.1, 0.15) is 17.5 Å². The number of nitro benzene ring substituents is 1. The van der Waals surface area contributed by atoms with Gasteiger partial charge in [-0.2, -0.15) is 0 Å². The third-order valence-electron chi connectivity index (χ3n) is 3.00. The molecule has 0 atom stereocenters. The molecule has 0 bridgehead atoms. The molecule has 0 aliphatic heterocycles. The number of halogens is 3. The van der Waals surface area contributed by atoms with Crippen molar-refractivity contribution in [3.63, 3.8) is 0 Å². The van der Waals surface area contributed by atoms with Crippen LogP contribution in [0.3, 0.4) is 0 Å². The lowest BCUT2D eigenvalue weighted by Crippen LogP contribution is -2.01. The zero-order valence-electron chi connectivity index (χ0n) is 11.9. The van der Waals surface area contributed by atoms with E-state index < -0.39 is 43.5 Å². The second-order valence-corrected chi connectivity index (χ2v) is 6.70. The molecule has 9 heteroatoms. The highest BCUT2D eigenvalue weighted by Gasteiger charge is 2.13. The predicted molar refractivity (Wildman–Crippen MR) is 81.1 cm³/mol. The van der Waals surface area contributed by atoms with E-state index in [2.05, 4.69) is 0 Å². The first kappa shape index (κ1) is 17.7. The zero-order valence-corrected chi connectivity index (χ0v) is 12.8. The normalized spacial score (nSPS) is 11.8. The van der Waals surface area contributed by atoms with Crippen LogP contribution in [0.1, 0.15) is 11.1 Å². The molecule has 5 nitrogen and oxygen atoms in total. The second-order valence-electron chi connectivity index (χ2n) is 4.82. The van der Waals surface area contributed by atoms with E-state index in [0.29, 0.717) is 23.6 Å². The summed E-state index contributed by atoms with van der Waals surface area (Å²) < 4.78 is 63.6. The van der Waals surface area contributed by atoms with Crippen molar-refractivity contribution in [1.82, 2.24) is 0 Å². The summed E-state index contributed by atoms with van der Waals surface area (Å²) in [6.07, 6.45) is 0.699. The van der Waals surface area contributed by atoms with Crippen LogP contribution in [-0.4, -0.2) is 13.3 Å². The molecule has 0 N–H and O–H groups in total. The fraction of sp³-hybridized carbons (Fsp3) is 0.0667. The molecule has 0 saturated heterocycles.